The normalized spacial score (nSPS) is 10.2. The molecule has 0 bridgehead atoms. The van der Waals surface area contributed by atoms with Gasteiger partial charge >= 0.3 is 0 Å². The van der Waals surface area contributed by atoms with E-state index in [1.807, 2.05) is 0 Å². The van der Waals surface area contributed by atoms with E-state index >= 15 is 0 Å². The Balaban J connectivity index is 4.20. The Bertz CT molecular complexity index is 164. The predicted octanol–water partition coefficient (Wildman–Crippen LogP) is -0.0584. The number of nitrogens with two attached hydrogens (primary N) is 1. The van der Waals surface area contributed by atoms with Gasteiger partial charge in [0.15, 0.2) is 0 Å². The molecule has 0 aromatic carbocycles. The fourth-order valence-corrected chi connectivity index (χ4v) is 0.262. The van der Waals surface area contributed by atoms with Crippen LogP contribution in [0.4, 0.5) is 0 Å². The summed E-state index contributed by atoms with van der Waals surface area (Å²) in [5.41, 5.74) is 4.73. The molecule has 3 nitrogen and oxygen atoms in total. The summed E-state index contributed by atoms with van der Waals surface area (Å²) in [4.78, 5) is 10.1. The number of carbonyl (C=O) groups is 1. The van der Waals surface area contributed by atoms with Gasteiger partial charge < -0.3 is 5.73 Å². The molecule has 0 heterocycles. The average molecular weight is 110 g/mol. The second-order valence-corrected chi connectivity index (χ2v) is 1.18. The lowest BCUT2D eigenvalue weighted by molar-refractivity contribution is -0.114. The predicted molar refractivity (Wildman–Crippen MR) is 28.6 cm³/mol. The Morgan fingerprint density at radius 1 is 1.88 bits per heavy atom. The highest BCUT2D eigenvalue weighted by Gasteiger charge is 1.97. The molecule has 0 aliphatic rings. The molecule has 0 rings (SSSR count). The number of nitrogens with zero attached hydrogens (tertiary/aromatic N) is 1. The van der Waals surface area contributed by atoms with E-state index in [2.05, 4.69) is 0 Å². The minimum atomic E-state index is -0.671. The van der Waals surface area contributed by atoms with Crippen LogP contribution in [0.5, 0.6) is 0 Å². The fourth-order valence-electron chi connectivity index (χ4n) is 0.262. The first kappa shape index (κ1) is 6.70. The van der Waals surface area contributed by atoms with Gasteiger partial charge in [-0.2, -0.15) is 5.26 Å². The van der Waals surface area contributed by atoms with Crippen LogP contribution in [0.15, 0.2) is 11.6 Å². The third kappa shape index (κ3) is 1.43. The number of amides is 1. The molecule has 0 aromatic rings. The number of nitriles is 1. The van der Waals surface area contributed by atoms with Crippen molar-refractivity contribution in [2.45, 2.75) is 6.92 Å². The summed E-state index contributed by atoms with van der Waals surface area (Å²) in [5.74, 6) is -0.671. The lowest BCUT2D eigenvalue weighted by atomic mass is 10.3. The van der Waals surface area contributed by atoms with Gasteiger partial charge in [0.1, 0.15) is 11.6 Å². The monoisotopic (exact) mass is 110 g/mol. The van der Waals surface area contributed by atoms with Gasteiger partial charge in [0.05, 0.1) is 0 Å². The summed E-state index contributed by atoms with van der Waals surface area (Å²) in [5, 5.41) is 8.08. The van der Waals surface area contributed by atoms with E-state index in [1.54, 1.807) is 13.0 Å². The van der Waals surface area contributed by atoms with Crippen molar-refractivity contribution in [1.29, 1.82) is 5.26 Å². The molecule has 8 heavy (non-hydrogen) atoms. The van der Waals surface area contributed by atoms with Crippen molar-refractivity contribution < 1.29 is 4.79 Å². The molecular formula is C5H6N2O. The van der Waals surface area contributed by atoms with Gasteiger partial charge in [0.25, 0.3) is 5.91 Å². The minimum Gasteiger partial charge on any atom is -0.365 e. The first-order valence-corrected chi connectivity index (χ1v) is 2.08. The SMILES string of the molecule is C/C=C(\C#N)C(N)=O. The van der Waals surface area contributed by atoms with E-state index in [1.165, 1.54) is 6.08 Å². The molecule has 0 fully saturated rings. The minimum absolute atomic E-state index is 0.00463. The van der Waals surface area contributed by atoms with Gasteiger partial charge in [-0.25, -0.2) is 0 Å². The molecule has 0 aromatic heterocycles. The molecule has 3 heteroatoms. The maximum Gasteiger partial charge on any atom is 0.259 e. The van der Waals surface area contributed by atoms with Crippen molar-refractivity contribution in [3.05, 3.63) is 11.6 Å². The highest BCUT2D eigenvalue weighted by molar-refractivity contribution is 5.95. The molecule has 1 amide bonds. The second-order valence-electron chi connectivity index (χ2n) is 1.18. The van der Waals surface area contributed by atoms with E-state index in [0.717, 1.165) is 0 Å². The molecular weight excluding hydrogens is 104 g/mol. The molecule has 2 N–H and O–H groups in total. The van der Waals surface area contributed by atoms with E-state index < -0.39 is 5.91 Å². The van der Waals surface area contributed by atoms with Crippen molar-refractivity contribution in [3.63, 3.8) is 0 Å². The molecule has 0 unspecified atom stereocenters. The van der Waals surface area contributed by atoms with Crippen LogP contribution in [0.2, 0.25) is 0 Å². The summed E-state index contributed by atoms with van der Waals surface area (Å²) < 4.78 is 0. The van der Waals surface area contributed by atoms with Gasteiger partial charge in [0, 0.05) is 0 Å². The Morgan fingerprint density at radius 3 is 2.38 bits per heavy atom. The van der Waals surface area contributed by atoms with Crippen LogP contribution < -0.4 is 5.73 Å². The van der Waals surface area contributed by atoms with Crippen LogP contribution >= 0.6 is 0 Å². The maximum absolute atomic E-state index is 10.1. The quantitative estimate of drug-likeness (QED) is 0.379. The molecule has 0 aliphatic carbocycles. The number of carbonyl (C=O) groups excluding carboxylic acids is 1. The van der Waals surface area contributed by atoms with E-state index in [0.29, 0.717) is 0 Å². The number of hydrogen-bond acceptors (Lipinski definition) is 2. The Labute approximate surface area is 47.4 Å². The fraction of sp³-hybridized carbons (Fsp3) is 0.200. The van der Waals surface area contributed by atoms with Crippen molar-refractivity contribution in [3.8, 4) is 6.07 Å². The van der Waals surface area contributed by atoms with Crippen molar-refractivity contribution in [2.24, 2.45) is 5.73 Å². The van der Waals surface area contributed by atoms with Crippen LogP contribution in [-0.4, -0.2) is 5.91 Å². The van der Waals surface area contributed by atoms with E-state index in [9.17, 15) is 4.79 Å². The second kappa shape index (κ2) is 2.80. The summed E-state index contributed by atoms with van der Waals surface area (Å²) >= 11 is 0. The van der Waals surface area contributed by atoms with Crippen molar-refractivity contribution in [2.75, 3.05) is 0 Å². The standard InChI is InChI=1S/C5H6N2O/c1-2-4(3-6)5(7)8/h2H,1H3,(H2,7,8)/b4-2+. The topological polar surface area (TPSA) is 66.9 Å². The first-order chi connectivity index (χ1) is 3.72. The lowest BCUT2D eigenvalue weighted by Gasteiger charge is -1.82. The highest BCUT2D eigenvalue weighted by atomic mass is 16.1. The molecule has 0 radical (unpaired) electrons. The van der Waals surface area contributed by atoms with Crippen molar-refractivity contribution >= 4 is 5.91 Å². The molecule has 42 valence electrons. The Kier molecular flexibility index (Phi) is 2.35. The largest absolute Gasteiger partial charge is 0.365 e. The van der Waals surface area contributed by atoms with Gasteiger partial charge in [-0.1, -0.05) is 6.08 Å². The Hall–Kier alpha value is -1.30. The third-order valence-corrected chi connectivity index (χ3v) is 0.675. The van der Waals surface area contributed by atoms with Gasteiger partial charge in [-0.15, -0.1) is 0 Å². The first-order valence-electron chi connectivity index (χ1n) is 2.08. The molecule has 0 spiro atoms. The lowest BCUT2D eigenvalue weighted by Crippen LogP contribution is -2.12. The van der Waals surface area contributed by atoms with Crippen molar-refractivity contribution in [1.82, 2.24) is 0 Å². The van der Waals surface area contributed by atoms with Crippen LogP contribution in [0.1, 0.15) is 6.92 Å². The summed E-state index contributed by atoms with van der Waals surface area (Å²) in [6.45, 7) is 1.59. The molecule has 0 saturated carbocycles. The summed E-state index contributed by atoms with van der Waals surface area (Å²) in [7, 11) is 0. The number of rotatable bonds is 1. The average Bonchev–Trinajstić information content (AvgIpc) is 1.69. The Morgan fingerprint density at radius 2 is 2.38 bits per heavy atom. The zero-order valence-electron chi connectivity index (χ0n) is 4.51. The number of hydrogen-bond donors (Lipinski definition) is 1. The van der Waals surface area contributed by atoms with Gasteiger partial charge in [-0.3, -0.25) is 4.79 Å². The van der Waals surface area contributed by atoms with Gasteiger partial charge in [0.2, 0.25) is 0 Å². The van der Waals surface area contributed by atoms with Crippen LogP contribution in [-0.2, 0) is 4.79 Å². The number of allylic oxidation sites excluding steroid dienone is 1. The summed E-state index contributed by atoms with van der Waals surface area (Å²) in [6.07, 6.45) is 1.38. The maximum atomic E-state index is 10.1. The highest BCUT2D eigenvalue weighted by Crippen LogP contribution is 1.86. The molecule has 0 aliphatic heterocycles. The van der Waals surface area contributed by atoms with Crippen LogP contribution in [0, 0.1) is 11.3 Å². The smallest absolute Gasteiger partial charge is 0.259 e. The van der Waals surface area contributed by atoms with E-state index in [4.69, 9.17) is 11.0 Å². The molecule has 0 saturated heterocycles. The zero-order valence-corrected chi connectivity index (χ0v) is 4.51. The molecule has 0 atom stereocenters. The third-order valence-electron chi connectivity index (χ3n) is 0.675. The summed E-state index contributed by atoms with van der Waals surface area (Å²) in [6, 6.07) is 1.64. The van der Waals surface area contributed by atoms with Gasteiger partial charge in [-0.05, 0) is 6.92 Å². The number of primary amides is 1. The zero-order chi connectivity index (χ0) is 6.57. The van der Waals surface area contributed by atoms with E-state index in [-0.39, 0.29) is 5.57 Å². The van der Waals surface area contributed by atoms with Crippen LogP contribution in [0.3, 0.4) is 0 Å². The van der Waals surface area contributed by atoms with Crippen LogP contribution in [0.25, 0.3) is 0 Å².